The second kappa shape index (κ2) is 6.68. The topological polar surface area (TPSA) is 83.5 Å². The Bertz CT molecular complexity index is 479. The molecule has 0 saturated carbocycles. The van der Waals surface area contributed by atoms with E-state index < -0.39 is 5.97 Å². The lowest BCUT2D eigenvalue weighted by Gasteiger charge is -2.09. The third-order valence-electron chi connectivity index (χ3n) is 2.63. The molecule has 0 aliphatic rings. The molecule has 1 unspecified atom stereocenters. The highest BCUT2D eigenvalue weighted by molar-refractivity contribution is 5.95. The molecule has 2 N–H and O–H groups in total. The highest BCUT2D eigenvalue weighted by Crippen LogP contribution is 2.13. The predicted octanol–water partition coefficient (Wildman–Crippen LogP) is 2.33. The van der Waals surface area contributed by atoms with E-state index in [0.717, 1.165) is 0 Å². The van der Waals surface area contributed by atoms with Crippen molar-refractivity contribution in [2.45, 2.75) is 26.7 Å². The van der Waals surface area contributed by atoms with Gasteiger partial charge in [-0.15, -0.1) is 0 Å². The Hall–Kier alpha value is -2.17. The van der Waals surface area contributed by atoms with Crippen molar-refractivity contribution < 1.29 is 19.5 Å². The van der Waals surface area contributed by atoms with Crippen molar-refractivity contribution in [3.63, 3.8) is 0 Å². The molecule has 102 valence electrons. The van der Waals surface area contributed by atoms with E-state index in [1.165, 1.54) is 6.92 Å². The fraction of sp³-hybridized carbons (Fsp3) is 0.357. The fourth-order valence-corrected chi connectivity index (χ4v) is 1.69. The first-order valence-electron chi connectivity index (χ1n) is 6.01. The molecule has 0 saturated heterocycles. The van der Waals surface area contributed by atoms with E-state index in [-0.39, 0.29) is 30.4 Å². The Balaban J connectivity index is 2.52. The van der Waals surface area contributed by atoms with E-state index in [1.807, 2.05) is 0 Å². The van der Waals surface area contributed by atoms with Gasteiger partial charge in [0.25, 0.3) is 0 Å². The van der Waals surface area contributed by atoms with Crippen molar-refractivity contribution in [2.75, 3.05) is 5.32 Å². The Morgan fingerprint density at radius 2 is 1.74 bits per heavy atom. The van der Waals surface area contributed by atoms with Crippen molar-refractivity contribution in [1.82, 2.24) is 0 Å². The highest BCUT2D eigenvalue weighted by Gasteiger charge is 2.12. The molecular weight excluding hydrogens is 246 g/mol. The first-order valence-corrected chi connectivity index (χ1v) is 6.01. The number of amides is 1. The molecule has 0 aliphatic carbocycles. The number of carbonyl (C=O) groups excluding carboxylic acids is 2. The summed E-state index contributed by atoms with van der Waals surface area (Å²) in [5.41, 5.74) is 1.18. The smallest absolute Gasteiger partial charge is 0.303 e. The van der Waals surface area contributed by atoms with Gasteiger partial charge in [-0.05, 0) is 37.1 Å². The van der Waals surface area contributed by atoms with Crippen LogP contribution in [0.15, 0.2) is 24.3 Å². The number of nitrogens with one attached hydrogen (secondary N) is 1. The van der Waals surface area contributed by atoms with Crippen LogP contribution in [0, 0.1) is 5.92 Å². The first kappa shape index (κ1) is 14.9. The number of carboxylic acid groups (broad SMARTS) is 1. The van der Waals surface area contributed by atoms with Crippen molar-refractivity contribution in [3.8, 4) is 0 Å². The predicted molar refractivity (Wildman–Crippen MR) is 71.1 cm³/mol. The number of rotatable bonds is 6. The Morgan fingerprint density at radius 3 is 2.21 bits per heavy atom. The van der Waals surface area contributed by atoms with Gasteiger partial charge in [0.15, 0.2) is 5.78 Å². The molecule has 0 fully saturated rings. The standard InChI is InChI=1S/C14H17NO4/c1-9(8-14(18)19)7-13(17)15-12-5-3-11(4-6-12)10(2)16/h3-6,9H,7-8H2,1-2H3,(H,15,17)(H,18,19). The molecule has 1 aromatic rings. The third-order valence-corrected chi connectivity index (χ3v) is 2.63. The summed E-state index contributed by atoms with van der Waals surface area (Å²) in [6.07, 6.45) is 0.122. The van der Waals surface area contributed by atoms with E-state index in [2.05, 4.69) is 5.32 Å². The third kappa shape index (κ3) is 5.33. The maximum absolute atomic E-state index is 11.7. The van der Waals surface area contributed by atoms with Crippen LogP contribution in [0.4, 0.5) is 5.69 Å². The quantitative estimate of drug-likeness (QED) is 0.771. The number of Topliss-reactive ketones (excluding diaryl/α,β-unsaturated/α-hetero) is 1. The molecule has 0 spiro atoms. The number of benzene rings is 1. The van der Waals surface area contributed by atoms with Gasteiger partial charge in [-0.3, -0.25) is 14.4 Å². The summed E-state index contributed by atoms with van der Waals surface area (Å²) in [7, 11) is 0. The minimum Gasteiger partial charge on any atom is -0.481 e. The van der Waals surface area contributed by atoms with Crippen LogP contribution in [0.2, 0.25) is 0 Å². The lowest BCUT2D eigenvalue weighted by Crippen LogP contribution is -2.17. The molecule has 0 bridgehead atoms. The van der Waals surface area contributed by atoms with E-state index in [4.69, 9.17) is 5.11 Å². The van der Waals surface area contributed by atoms with Crippen LogP contribution in [0.5, 0.6) is 0 Å². The second-order valence-electron chi connectivity index (χ2n) is 4.59. The molecule has 1 rings (SSSR count). The summed E-state index contributed by atoms with van der Waals surface area (Å²) >= 11 is 0. The van der Waals surface area contributed by atoms with Gasteiger partial charge in [-0.25, -0.2) is 0 Å². The molecule has 0 aromatic heterocycles. The first-order chi connectivity index (χ1) is 8.88. The minimum absolute atomic E-state index is 0.0311. The maximum atomic E-state index is 11.7. The summed E-state index contributed by atoms with van der Waals surface area (Å²) in [4.78, 5) is 33.2. The van der Waals surface area contributed by atoms with Crippen molar-refractivity contribution in [2.24, 2.45) is 5.92 Å². The summed E-state index contributed by atoms with van der Waals surface area (Å²) in [5, 5.41) is 11.3. The van der Waals surface area contributed by atoms with Crippen LogP contribution in [-0.4, -0.2) is 22.8 Å². The fourth-order valence-electron chi connectivity index (χ4n) is 1.69. The number of anilines is 1. The average Bonchev–Trinajstić information content (AvgIpc) is 2.27. The minimum atomic E-state index is -0.911. The lowest BCUT2D eigenvalue weighted by atomic mass is 10.0. The number of carboxylic acids is 1. The zero-order valence-corrected chi connectivity index (χ0v) is 11.0. The normalized spacial score (nSPS) is 11.7. The molecule has 5 nitrogen and oxygen atoms in total. The molecule has 1 amide bonds. The SMILES string of the molecule is CC(=O)c1ccc(NC(=O)CC(C)CC(=O)O)cc1. The number of carbonyl (C=O) groups is 3. The summed E-state index contributed by atoms with van der Waals surface area (Å²) < 4.78 is 0. The second-order valence-corrected chi connectivity index (χ2v) is 4.59. The van der Waals surface area contributed by atoms with Crippen LogP contribution < -0.4 is 5.32 Å². The van der Waals surface area contributed by atoms with Crippen LogP contribution in [0.3, 0.4) is 0 Å². The van der Waals surface area contributed by atoms with Crippen molar-refractivity contribution in [1.29, 1.82) is 0 Å². The van der Waals surface area contributed by atoms with Crippen LogP contribution >= 0.6 is 0 Å². The Morgan fingerprint density at radius 1 is 1.16 bits per heavy atom. The van der Waals surface area contributed by atoms with Crippen LogP contribution in [0.25, 0.3) is 0 Å². The molecule has 0 radical (unpaired) electrons. The number of hydrogen-bond acceptors (Lipinski definition) is 3. The van der Waals surface area contributed by atoms with Crippen LogP contribution in [-0.2, 0) is 9.59 Å². The average molecular weight is 263 g/mol. The van der Waals surface area contributed by atoms with Gasteiger partial charge in [-0.2, -0.15) is 0 Å². The Labute approximate surface area is 111 Å². The molecule has 1 atom stereocenters. The molecular formula is C14H17NO4. The van der Waals surface area contributed by atoms with Gasteiger partial charge in [-0.1, -0.05) is 6.92 Å². The van der Waals surface area contributed by atoms with E-state index in [9.17, 15) is 14.4 Å². The number of ketones is 1. The maximum Gasteiger partial charge on any atom is 0.303 e. The zero-order valence-electron chi connectivity index (χ0n) is 11.0. The number of hydrogen-bond donors (Lipinski definition) is 2. The van der Waals surface area contributed by atoms with Gasteiger partial charge in [0.2, 0.25) is 5.91 Å². The molecule has 19 heavy (non-hydrogen) atoms. The van der Waals surface area contributed by atoms with Crippen molar-refractivity contribution >= 4 is 23.3 Å². The highest BCUT2D eigenvalue weighted by atomic mass is 16.4. The van der Waals surface area contributed by atoms with Gasteiger partial charge in [0, 0.05) is 24.1 Å². The van der Waals surface area contributed by atoms with E-state index in [0.29, 0.717) is 11.3 Å². The van der Waals surface area contributed by atoms with Gasteiger partial charge in [0.05, 0.1) is 0 Å². The molecule has 5 heteroatoms. The molecule has 0 heterocycles. The lowest BCUT2D eigenvalue weighted by molar-refractivity contribution is -0.138. The Kier molecular flexibility index (Phi) is 5.23. The van der Waals surface area contributed by atoms with Gasteiger partial charge in [0.1, 0.15) is 0 Å². The summed E-state index contributed by atoms with van der Waals surface area (Å²) in [6.45, 7) is 3.19. The zero-order chi connectivity index (χ0) is 14.4. The largest absolute Gasteiger partial charge is 0.481 e. The van der Waals surface area contributed by atoms with Crippen molar-refractivity contribution in [3.05, 3.63) is 29.8 Å². The van der Waals surface area contributed by atoms with Crippen LogP contribution in [0.1, 0.15) is 37.0 Å². The van der Waals surface area contributed by atoms with Gasteiger partial charge < -0.3 is 10.4 Å². The monoisotopic (exact) mass is 263 g/mol. The number of aliphatic carboxylic acids is 1. The van der Waals surface area contributed by atoms with E-state index >= 15 is 0 Å². The van der Waals surface area contributed by atoms with Gasteiger partial charge >= 0.3 is 5.97 Å². The molecule has 1 aromatic carbocycles. The summed E-state index contributed by atoms with van der Waals surface area (Å²) in [5.74, 6) is -1.39. The summed E-state index contributed by atoms with van der Waals surface area (Å²) in [6, 6.07) is 6.57. The molecule has 0 aliphatic heterocycles. The van der Waals surface area contributed by atoms with E-state index in [1.54, 1.807) is 31.2 Å².